The lowest BCUT2D eigenvalue weighted by Gasteiger charge is -2.07. The summed E-state index contributed by atoms with van der Waals surface area (Å²) in [4.78, 5) is 2.24. The monoisotopic (exact) mass is 274 g/mol. The summed E-state index contributed by atoms with van der Waals surface area (Å²) in [6.45, 7) is 0. The van der Waals surface area contributed by atoms with Crippen molar-refractivity contribution in [1.82, 2.24) is 8.75 Å². The molecule has 0 fully saturated rings. The second kappa shape index (κ2) is 4.96. The number of hydrogen-bond donors (Lipinski definition) is 0. The summed E-state index contributed by atoms with van der Waals surface area (Å²) in [7, 11) is 1.69. The van der Waals surface area contributed by atoms with Gasteiger partial charge in [-0.2, -0.15) is 8.75 Å². The van der Waals surface area contributed by atoms with E-state index in [4.69, 9.17) is 4.74 Å². The highest BCUT2D eigenvalue weighted by molar-refractivity contribution is 7.99. The van der Waals surface area contributed by atoms with Crippen LogP contribution in [-0.2, 0) is 0 Å². The normalized spacial score (nSPS) is 10.7. The Morgan fingerprint density at radius 1 is 1.06 bits per heavy atom. The summed E-state index contributed by atoms with van der Waals surface area (Å²) in [5.74, 6) is 0.888. The van der Waals surface area contributed by atoms with Gasteiger partial charge >= 0.3 is 0 Å². The van der Waals surface area contributed by atoms with Crippen molar-refractivity contribution in [1.29, 1.82) is 0 Å². The third-order valence-corrected chi connectivity index (χ3v) is 4.13. The van der Waals surface area contributed by atoms with Crippen LogP contribution in [0.1, 0.15) is 0 Å². The van der Waals surface area contributed by atoms with Crippen LogP contribution in [-0.4, -0.2) is 15.9 Å². The number of ether oxygens (including phenoxy) is 1. The van der Waals surface area contributed by atoms with Gasteiger partial charge in [-0.15, -0.1) is 0 Å². The molecule has 0 atom stereocenters. The molecule has 0 N–H and O–H groups in total. The molecule has 0 saturated carbocycles. The average molecular weight is 274 g/mol. The molecule has 1 heterocycles. The Hall–Kier alpha value is -1.59. The molecule has 2 aromatic carbocycles. The fourth-order valence-electron chi connectivity index (χ4n) is 1.66. The summed E-state index contributed by atoms with van der Waals surface area (Å²) in [6.07, 6.45) is 0. The molecule has 18 heavy (non-hydrogen) atoms. The Bertz CT molecular complexity index is 681. The number of hydrogen-bond acceptors (Lipinski definition) is 5. The number of para-hydroxylation sites is 1. The van der Waals surface area contributed by atoms with Gasteiger partial charge in [-0.05, 0) is 30.3 Å². The highest BCUT2D eigenvalue weighted by Crippen LogP contribution is 2.35. The van der Waals surface area contributed by atoms with E-state index in [-0.39, 0.29) is 0 Å². The number of benzene rings is 2. The molecule has 0 aliphatic heterocycles. The Morgan fingerprint density at radius 2 is 1.89 bits per heavy atom. The minimum absolute atomic E-state index is 0.888. The molecule has 3 nitrogen and oxygen atoms in total. The van der Waals surface area contributed by atoms with Gasteiger partial charge in [-0.25, -0.2) is 0 Å². The summed E-state index contributed by atoms with van der Waals surface area (Å²) in [5.41, 5.74) is 1.89. The SMILES string of the molecule is COc1ccccc1Sc1ccc2nsnc2c1. The smallest absolute Gasteiger partial charge is 0.132 e. The predicted octanol–water partition coefficient (Wildman–Crippen LogP) is 3.85. The molecule has 5 heteroatoms. The summed E-state index contributed by atoms with van der Waals surface area (Å²) >= 11 is 2.91. The fourth-order valence-corrected chi connectivity index (χ4v) is 3.13. The van der Waals surface area contributed by atoms with Crippen LogP contribution in [0, 0.1) is 0 Å². The lowest BCUT2D eigenvalue weighted by Crippen LogP contribution is -1.85. The van der Waals surface area contributed by atoms with Crippen molar-refractivity contribution >= 4 is 34.5 Å². The molecule has 0 amide bonds. The van der Waals surface area contributed by atoms with Gasteiger partial charge in [0.05, 0.1) is 23.7 Å². The highest BCUT2D eigenvalue weighted by Gasteiger charge is 2.06. The second-order valence-electron chi connectivity index (χ2n) is 3.67. The summed E-state index contributed by atoms with van der Waals surface area (Å²) in [6, 6.07) is 14.1. The number of rotatable bonds is 3. The van der Waals surface area contributed by atoms with Crippen LogP contribution in [0.15, 0.2) is 52.3 Å². The van der Waals surface area contributed by atoms with E-state index in [9.17, 15) is 0 Å². The van der Waals surface area contributed by atoms with Gasteiger partial charge in [0.2, 0.25) is 0 Å². The zero-order valence-electron chi connectivity index (χ0n) is 9.66. The molecule has 3 rings (SSSR count). The van der Waals surface area contributed by atoms with Crippen LogP contribution in [0.4, 0.5) is 0 Å². The van der Waals surface area contributed by atoms with Gasteiger partial charge in [0.1, 0.15) is 16.8 Å². The molecule has 0 aliphatic carbocycles. The van der Waals surface area contributed by atoms with Crippen molar-refractivity contribution in [3.05, 3.63) is 42.5 Å². The first-order chi connectivity index (χ1) is 8.86. The number of methoxy groups -OCH3 is 1. The van der Waals surface area contributed by atoms with Crippen molar-refractivity contribution in [2.45, 2.75) is 9.79 Å². The van der Waals surface area contributed by atoms with E-state index in [1.54, 1.807) is 18.9 Å². The lowest BCUT2D eigenvalue weighted by molar-refractivity contribution is 0.405. The average Bonchev–Trinajstić information content (AvgIpc) is 2.87. The Morgan fingerprint density at radius 3 is 2.78 bits per heavy atom. The minimum atomic E-state index is 0.888. The molecule has 0 unspecified atom stereocenters. The number of fused-ring (bicyclic) bond motifs is 1. The number of aromatic nitrogens is 2. The standard InChI is InChI=1S/C13H10N2OS2/c1-16-12-4-2-3-5-13(12)17-9-6-7-10-11(8-9)15-18-14-10/h2-8H,1H3. The van der Waals surface area contributed by atoms with E-state index in [1.807, 2.05) is 30.3 Å². The zero-order valence-corrected chi connectivity index (χ0v) is 11.3. The Kier molecular flexibility index (Phi) is 3.17. The fraction of sp³-hybridized carbons (Fsp3) is 0.0769. The first-order valence-electron chi connectivity index (χ1n) is 5.40. The highest BCUT2D eigenvalue weighted by atomic mass is 32.2. The van der Waals surface area contributed by atoms with Gasteiger partial charge in [0.25, 0.3) is 0 Å². The topological polar surface area (TPSA) is 35.0 Å². The van der Waals surface area contributed by atoms with E-state index in [0.29, 0.717) is 0 Å². The molecule has 0 saturated heterocycles. The largest absolute Gasteiger partial charge is 0.496 e. The van der Waals surface area contributed by atoms with Crippen molar-refractivity contribution < 1.29 is 4.74 Å². The molecule has 0 spiro atoms. The van der Waals surface area contributed by atoms with Crippen LogP contribution >= 0.6 is 23.5 Å². The van der Waals surface area contributed by atoms with E-state index in [0.717, 1.165) is 26.6 Å². The van der Waals surface area contributed by atoms with Crippen LogP contribution in [0.25, 0.3) is 11.0 Å². The van der Waals surface area contributed by atoms with Crippen molar-refractivity contribution in [3.63, 3.8) is 0 Å². The summed E-state index contributed by atoms with van der Waals surface area (Å²) in [5, 5.41) is 0. The zero-order chi connectivity index (χ0) is 12.4. The van der Waals surface area contributed by atoms with Crippen molar-refractivity contribution in [3.8, 4) is 5.75 Å². The maximum atomic E-state index is 5.34. The van der Waals surface area contributed by atoms with Crippen molar-refractivity contribution in [2.24, 2.45) is 0 Å². The first kappa shape index (κ1) is 11.5. The Balaban J connectivity index is 1.95. The van der Waals surface area contributed by atoms with Crippen LogP contribution in [0.3, 0.4) is 0 Å². The minimum Gasteiger partial charge on any atom is -0.496 e. The molecule has 3 aromatic rings. The predicted molar refractivity (Wildman–Crippen MR) is 74.5 cm³/mol. The quantitative estimate of drug-likeness (QED) is 0.726. The molecule has 0 aliphatic rings. The van der Waals surface area contributed by atoms with E-state index < -0.39 is 0 Å². The lowest BCUT2D eigenvalue weighted by atomic mass is 10.3. The van der Waals surface area contributed by atoms with Crippen LogP contribution in [0.2, 0.25) is 0 Å². The van der Waals surface area contributed by atoms with Gasteiger partial charge in [0.15, 0.2) is 0 Å². The van der Waals surface area contributed by atoms with E-state index in [2.05, 4.69) is 20.9 Å². The second-order valence-corrected chi connectivity index (χ2v) is 5.31. The van der Waals surface area contributed by atoms with Gasteiger partial charge in [0, 0.05) is 4.90 Å². The van der Waals surface area contributed by atoms with Gasteiger partial charge in [-0.3, -0.25) is 0 Å². The van der Waals surface area contributed by atoms with Gasteiger partial charge in [-0.1, -0.05) is 23.9 Å². The molecule has 1 aromatic heterocycles. The van der Waals surface area contributed by atoms with Crippen LogP contribution in [0.5, 0.6) is 5.75 Å². The Labute approximate surface area is 113 Å². The maximum Gasteiger partial charge on any atom is 0.132 e. The van der Waals surface area contributed by atoms with E-state index >= 15 is 0 Å². The number of nitrogens with zero attached hydrogens (tertiary/aromatic N) is 2. The van der Waals surface area contributed by atoms with E-state index in [1.165, 1.54) is 11.7 Å². The van der Waals surface area contributed by atoms with Crippen LogP contribution < -0.4 is 4.74 Å². The third-order valence-electron chi connectivity index (χ3n) is 2.52. The molecule has 90 valence electrons. The molecular formula is C13H10N2OS2. The van der Waals surface area contributed by atoms with Crippen molar-refractivity contribution in [2.75, 3.05) is 7.11 Å². The summed E-state index contributed by atoms with van der Waals surface area (Å²) < 4.78 is 13.8. The van der Waals surface area contributed by atoms with Gasteiger partial charge < -0.3 is 4.74 Å². The first-order valence-corrected chi connectivity index (χ1v) is 6.95. The molecular weight excluding hydrogens is 264 g/mol. The molecule has 0 radical (unpaired) electrons. The third kappa shape index (κ3) is 2.19. The maximum absolute atomic E-state index is 5.34. The molecule has 0 bridgehead atoms.